The molecule has 3 heteroatoms. The van der Waals surface area contributed by atoms with E-state index < -0.39 is 0 Å². The molecule has 0 amide bonds. The molecule has 0 aliphatic carbocycles. The van der Waals surface area contributed by atoms with Crippen molar-refractivity contribution in [1.29, 1.82) is 0 Å². The average molecular weight is 311 g/mol. The van der Waals surface area contributed by atoms with Gasteiger partial charge in [0.2, 0.25) is 0 Å². The Balaban J connectivity index is 2.58. The molecule has 0 fully saturated rings. The van der Waals surface area contributed by atoms with Crippen molar-refractivity contribution in [3.05, 3.63) is 64.7 Å². The van der Waals surface area contributed by atoms with Gasteiger partial charge in [0.1, 0.15) is 5.75 Å². The van der Waals surface area contributed by atoms with Crippen LogP contribution < -0.4 is 0 Å². The molecule has 3 nitrogen and oxygen atoms in total. The van der Waals surface area contributed by atoms with E-state index in [1.807, 2.05) is 76.2 Å². The third-order valence-corrected chi connectivity index (χ3v) is 3.78. The van der Waals surface area contributed by atoms with E-state index in [2.05, 4.69) is 0 Å². The molecule has 0 saturated heterocycles. The van der Waals surface area contributed by atoms with Crippen LogP contribution in [0.3, 0.4) is 0 Å². The number of benzene rings is 2. The average Bonchev–Trinajstić information content (AvgIpc) is 2.48. The van der Waals surface area contributed by atoms with Gasteiger partial charge < -0.3 is 10.0 Å². The van der Waals surface area contributed by atoms with E-state index in [1.165, 1.54) is 0 Å². The first-order chi connectivity index (χ1) is 10.7. The van der Waals surface area contributed by atoms with E-state index in [0.29, 0.717) is 17.7 Å². The summed E-state index contributed by atoms with van der Waals surface area (Å²) in [6, 6.07) is 12.9. The Labute approximate surface area is 138 Å². The van der Waals surface area contributed by atoms with Crippen molar-refractivity contribution in [2.45, 2.75) is 32.7 Å². The highest BCUT2D eigenvalue weighted by molar-refractivity contribution is 6.09. The molecule has 2 aromatic carbocycles. The quantitative estimate of drug-likeness (QED) is 0.868. The maximum atomic E-state index is 12.8. The molecule has 0 aromatic heterocycles. The summed E-state index contributed by atoms with van der Waals surface area (Å²) in [7, 11) is 3.89. The van der Waals surface area contributed by atoms with Crippen LogP contribution in [-0.2, 0) is 12.0 Å². The van der Waals surface area contributed by atoms with Crippen molar-refractivity contribution in [2.75, 3.05) is 14.1 Å². The molecule has 2 aromatic rings. The smallest absolute Gasteiger partial charge is 0.193 e. The van der Waals surface area contributed by atoms with E-state index >= 15 is 0 Å². The lowest BCUT2D eigenvalue weighted by molar-refractivity contribution is 0.103. The number of carbonyl (C=O) groups excluding carboxylic acids is 1. The molecular weight excluding hydrogens is 286 g/mol. The summed E-state index contributed by atoms with van der Waals surface area (Å²) in [6.45, 7) is 6.71. The fourth-order valence-corrected chi connectivity index (χ4v) is 2.61. The van der Waals surface area contributed by atoms with E-state index in [9.17, 15) is 9.90 Å². The number of phenolic OH excluding ortho intramolecular Hbond substituents is 1. The number of hydrogen-bond acceptors (Lipinski definition) is 3. The highest BCUT2D eigenvalue weighted by atomic mass is 16.3. The summed E-state index contributed by atoms with van der Waals surface area (Å²) in [5.74, 6) is 0.270. The van der Waals surface area contributed by atoms with Crippen LogP contribution in [0.2, 0.25) is 0 Å². The zero-order chi connectivity index (χ0) is 17.2. The van der Waals surface area contributed by atoms with Crippen LogP contribution >= 0.6 is 0 Å². The monoisotopic (exact) mass is 311 g/mol. The zero-order valence-corrected chi connectivity index (χ0v) is 14.6. The van der Waals surface area contributed by atoms with E-state index in [-0.39, 0.29) is 16.9 Å². The topological polar surface area (TPSA) is 40.5 Å². The van der Waals surface area contributed by atoms with Gasteiger partial charge in [-0.1, -0.05) is 51.1 Å². The van der Waals surface area contributed by atoms with Crippen molar-refractivity contribution in [1.82, 2.24) is 4.90 Å². The highest BCUT2D eigenvalue weighted by Gasteiger charge is 2.23. The van der Waals surface area contributed by atoms with Crippen LogP contribution in [0, 0.1) is 0 Å². The van der Waals surface area contributed by atoms with Gasteiger partial charge in [0.15, 0.2) is 5.78 Å². The van der Waals surface area contributed by atoms with Crippen LogP contribution in [0.15, 0.2) is 42.5 Å². The Hall–Kier alpha value is -2.13. The van der Waals surface area contributed by atoms with Gasteiger partial charge in [0.25, 0.3) is 0 Å². The Morgan fingerprint density at radius 3 is 2.17 bits per heavy atom. The first-order valence-electron chi connectivity index (χ1n) is 7.81. The number of phenols is 1. The van der Waals surface area contributed by atoms with E-state index in [1.54, 1.807) is 6.07 Å². The summed E-state index contributed by atoms with van der Waals surface area (Å²) >= 11 is 0. The number of hydrogen-bond donors (Lipinski definition) is 1. The lowest BCUT2D eigenvalue weighted by atomic mass is 9.83. The van der Waals surface area contributed by atoms with Gasteiger partial charge in [-0.15, -0.1) is 0 Å². The van der Waals surface area contributed by atoms with Crippen LogP contribution in [0.25, 0.3) is 0 Å². The minimum atomic E-state index is -0.238. The van der Waals surface area contributed by atoms with Gasteiger partial charge in [-0.05, 0) is 31.6 Å². The predicted octanol–water partition coefficient (Wildman–Crippen LogP) is 3.98. The van der Waals surface area contributed by atoms with Gasteiger partial charge >= 0.3 is 0 Å². The van der Waals surface area contributed by atoms with Crippen molar-refractivity contribution >= 4 is 5.78 Å². The third kappa shape index (κ3) is 3.99. The summed E-state index contributed by atoms with van der Waals surface area (Å²) in [5, 5.41) is 10.6. The fourth-order valence-electron chi connectivity index (χ4n) is 2.61. The van der Waals surface area contributed by atoms with Gasteiger partial charge in [-0.3, -0.25) is 4.79 Å². The Bertz CT molecular complexity index is 698. The van der Waals surface area contributed by atoms with Gasteiger partial charge in [-0.25, -0.2) is 0 Å². The third-order valence-electron chi connectivity index (χ3n) is 3.78. The van der Waals surface area contributed by atoms with Crippen LogP contribution in [0.4, 0.5) is 0 Å². The minimum Gasteiger partial charge on any atom is -0.507 e. The zero-order valence-electron chi connectivity index (χ0n) is 14.6. The molecule has 0 atom stereocenters. The maximum Gasteiger partial charge on any atom is 0.193 e. The molecule has 0 heterocycles. The van der Waals surface area contributed by atoms with E-state index in [0.717, 1.165) is 11.1 Å². The largest absolute Gasteiger partial charge is 0.507 e. The van der Waals surface area contributed by atoms with Crippen LogP contribution in [0.5, 0.6) is 5.75 Å². The second kappa shape index (κ2) is 6.55. The molecule has 122 valence electrons. The minimum absolute atomic E-state index is 0.0175. The Morgan fingerprint density at radius 1 is 1.04 bits per heavy atom. The fraction of sp³-hybridized carbons (Fsp3) is 0.350. The Kier molecular flexibility index (Phi) is 4.90. The van der Waals surface area contributed by atoms with Crippen molar-refractivity contribution in [2.24, 2.45) is 0 Å². The molecule has 2 rings (SSSR count). The molecule has 0 aliphatic heterocycles. The molecule has 23 heavy (non-hydrogen) atoms. The second-order valence-electron chi connectivity index (χ2n) is 7.21. The first kappa shape index (κ1) is 17.2. The normalized spacial score (nSPS) is 11.7. The SMILES string of the molecule is CN(C)Cc1cc(C(=O)c2ccccc2)cc(C(C)(C)C)c1O. The van der Waals surface area contributed by atoms with Gasteiger partial charge in [0.05, 0.1) is 0 Å². The molecule has 0 saturated carbocycles. The highest BCUT2D eigenvalue weighted by Crippen LogP contribution is 2.35. The standard InChI is InChI=1S/C20H25NO2/c1-20(2,3)17-12-15(11-16(19(17)23)13-21(4)5)18(22)14-9-7-6-8-10-14/h6-12,23H,13H2,1-5H3. The van der Waals surface area contributed by atoms with Crippen molar-refractivity contribution in [3.63, 3.8) is 0 Å². The number of carbonyl (C=O) groups is 1. The van der Waals surface area contributed by atoms with Gasteiger partial charge in [0, 0.05) is 28.8 Å². The first-order valence-corrected chi connectivity index (χ1v) is 7.81. The summed E-state index contributed by atoms with van der Waals surface area (Å²) < 4.78 is 0. The number of aromatic hydroxyl groups is 1. The second-order valence-corrected chi connectivity index (χ2v) is 7.21. The number of rotatable bonds is 4. The van der Waals surface area contributed by atoms with Crippen LogP contribution in [-0.4, -0.2) is 29.9 Å². The molecule has 0 radical (unpaired) electrons. The molecule has 1 N–H and O–H groups in total. The molecule has 0 bridgehead atoms. The van der Waals surface area contributed by atoms with Crippen molar-refractivity contribution in [3.8, 4) is 5.75 Å². The lowest BCUT2D eigenvalue weighted by Gasteiger charge is -2.24. The number of nitrogens with zero attached hydrogens (tertiary/aromatic N) is 1. The molecule has 0 aliphatic rings. The summed E-state index contributed by atoms with van der Waals surface area (Å²) in [4.78, 5) is 14.8. The summed E-state index contributed by atoms with van der Waals surface area (Å²) in [6.07, 6.45) is 0. The predicted molar refractivity (Wildman–Crippen MR) is 94.1 cm³/mol. The summed E-state index contributed by atoms with van der Waals surface area (Å²) in [5.41, 5.74) is 2.63. The molecule has 0 spiro atoms. The molecular formula is C20H25NO2. The molecule has 0 unspecified atom stereocenters. The maximum absolute atomic E-state index is 12.8. The van der Waals surface area contributed by atoms with Crippen LogP contribution in [0.1, 0.15) is 47.8 Å². The van der Waals surface area contributed by atoms with E-state index in [4.69, 9.17) is 0 Å². The lowest BCUT2D eigenvalue weighted by Crippen LogP contribution is -2.17. The number of ketones is 1. The Morgan fingerprint density at radius 2 is 1.65 bits per heavy atom. The van der Waals surface area contributed by atoms with Gasteiger partial charge in [-0.2, -0.15) is 0 Å². The van der Waals surface area contributed by atoms with Crippen molar-refractivity contribution < 1.29 is 9.90 Å².